The number of aromatic nitrogens is 4. The number of thiophene rings is 1. The van der Waals surface area contributed by atoms with Gasteiger partial charge in [0.1, 0.15) is 16.3 Å². The minimum atomic E-state index is -0.347. The lowest BCUT2D eigenvalue weighted by Crippen LogP contribution is -2.22. The number of hydrogen-bond donors (Lipinski definition) is 1. The lowest BCUT2D eigenvalue weighted by atomic mass is 10.2. The van der Waals surface area contributed by atoms with Gasteiger partial charge in [-0.2, -0.15) is 5.10 Å². The maximum Gasteiger partial charge on any atom is 0.295 e. The number of halogens is 1. The number of nitrogens with one attached hydrogen (secondary N) is 1. The topological polar surface area (TPSA) is 73.8 Å². The molecular formula is C25H22FN5O2S. The van der Waals surface area contributed by atoms with E-state index in [9.17, 15) is 14.0 Å². The molecule has 34 heavy (non-hydrogen) atoms. The molecule has 0 radical (unpaired) electrons. The number of hydrogen-bond acceptors (Lipinski definition) is 4. The zero-order chi connectivity index (χ0) is 24.0. The van der Waals surface area contributed by atoms with Crippen molar-refractivity contribution in [2.24, 2.45) is 7.05 Å². The zero-order valence-electron chi connectivity index (χ0n) is 18.9. The quantitative estimate of drug-likeness (QED) is 0.402. The van der Waals surface area contributed by atoms with Crippen molar-refractivity contribution < 1.29 is 9.18 Å². The predicted octanol–water partition coefficient (Wildman–Crippen LogP) is 4.64. The molecule has 0 fully saturated rings. The smallest absolute Gasteiger partial charge is 0.295 e. The second-order valence-electron chi connectivity index (χ2n) is 8.09. The lowest BCUT2D eigenvalue weighted by molar-refractivity contribution is 0.103. The van der Waals surface area contributed by atoms with E-state index in [0.717, 1.165) is 27.2 Å². The average molecular weight is 476 g/mol. The maximum atomic E-state index is 13.2. The number of para-hydroxylation sites is 1. The normalized spacial score (nSPS) is 11.3. The van der Waals surface area contributed by atoms with Gasteiger partial charge >= 0.3 is 0 Å². The van der Waals surface area contributed by atoms with Crippen molar-refractivity contribution in [1.29, 1.82) is 0 Å². The van der Waals surface area contributed by atoms with Gasteiger partial charge in [0.25, 0.3) is 11.5 Å². The highest BCUT2D eigenvalue weighted by molar-refractivity contribution is 7.20. The molecule has 3 heterocycles. The Morgan fingerprint density at radius 3 is 2.50 bits per heavy atom. The number of amides is 1. The third-order valence-corrected chi connectivity index (χ3v) is 7.02. The summed E-state index contributed by atoms with van der Waals surface area (Å²) >= 11 is 1.31. The van der Waals surface area contributed by atoms with Gasteiger partial charge in [0, 0.05) is 12.4 Å². The summed E-state index contributed by atoms with van der Waals surface area (Å²) in [5.74, 6) is -0.636. The molecule has 0 aliphatic carbocycles. The number of anilines is 1. The average Bonchev–Trinajstić information content (AvgIpc) is 3.45. The number of nitrogens with zero attached hydrogens (tertiary/aromatic N) is 4. The first kappa shape index (κ1) is 21.8. The van der Waals surface area contributed by atoms with Gasteiger partial charge in [0.15, 0.2) is 0 Å². The first-order valence-electron chi connectivity index (χ1n) is 10.7. The fourth-order valence-electron chi connectivity index (χ4n) is 3.98. The molecule has 0 saturated heterocycles. The molecule has 0 bridgehead atoms. The Kier molecular flexibility index (Phi) is 5.41. The summed E-state index contributed by atoms with van der Waals surface area (Å²) in [6.07, 6.45) is 0. The SMILES string of the molecule is Cc1nn(Cc2ccc(F)cc2)c2sc(C(=O)Nc3c(C)n(C)n(-c4ccccc4)c3=O)cc12. The molecular weight excluding hydrogens is 453 g/mol. The van der Waals surface area contributed by atoms with Crippen LogP contribution in [-0.2, 0) is 13.6 Å². The Bertz CT molecular complexity index is 1580. The Morgan fingerprint density at radius 1 is 1.09 bits per heavy atom. The van der Waals surface area contributed by atoms with Crippen LogP contribution in [0.25, 0.3) is 15.9 Å². The van der Waals surface area contributed by atoms with Crippen LogP contribution in [0.3, 0.4) is 0 Å². The summed E-state index contributed by atoms with van der Waals surface area (Å²) in [5.41, 5.74) is 3.04. The van der Waals surface area contributed by atoms with Gasteiger partial charge in [-0.3, -0.25) is 19.0 Å². The van der Waals surface area contributed by atoms with Crippen LogP contribution in [-0.4, -0.2) is 25.1 Å². The molecule has 0 aliphatic heterocycles. The van der Waals surface area contributed by atoms with Crippen LogP contribution in [0.5, 0.6) is 0 Å². The third kappa shape index (κ3) is 3.73. The number of carbonyl (C=O) groups is 1. The van der Waals surface area contributed by atoms with Gasteiger partial charge in [-0.1, -0.05) is 30.3 Å². The molecule has 1 amide bonds. The molecule has 0 saturated carbocycles. The van der Waals surface area contributed by atoms with Gasteiger partial charge in [0.05, 0.1) is 28.5 Å². The third-order valence-electron chi connectivity index (χ3n) is 5.87. The summed E-state index contributed by atoms with van der Waals surface area (Å²) in [7, 11) is 1.78. The minimum Gasteiger partial charge on any atom is -0.315 e. The largest absolute Gasteiger partial charge is 0.315 e. The lowest BCUT2D eigenvalue weighted by Gasteiger charge is -2.07. The number of carbonyl (C=O) groups excluding carboxylic acids is 1. The van der Waals surface area contributed by atoms with Crippen LogP contribution in [0, 0.1) is 19.7 Å². The van der Waals surface area contributed by atoms with Crippen molar-refractivity contribution in [3.05, 3.63) is 98.7 Å². The van der Waals surface area contributed by atoms with Crippen LogP contribution < -0.4 is 10.9 Å². The van der Waals surface area contributed by atoms with Crippen LogP contribution in [0.2, 0.25) is 0 Å². The monoisotopic (exact) mass is 475 g/mol. The molecule has 3 aromatic heterocycles. The molecule has 2 aromatic carbocycles. The Hall–Kier alpha value is -3.98. The van der Waals surface area contributed by atoms with Gasteiger partial charge in [-0.15, -0.1) is 11.3 Å². The molecule has 5 aromatic rings. The van der Waals surface area contributed by atoms with Crippen molar-refractivity contribution in [3.63, 3.8) is 0 Å². The van der Waals surface area contributed by atoms with Crippen molar-refractivity contribution in [2.75, 3.05) is 5.32 Å². The Morgan fingerprint density at radius 2 is 1.79 bits per heavy atom. The van der Waals surface area contributed by atoms with Crippen LogP contribution >= 0.6 is 11.3 Å². The van der Waals surface area contributed by atoms with Crippen molar-refractivity contribution in [2.45, 2.75) is 20.4 Å². The zero-order valence-corrected chi connectivity index (χ0v) is 19.7. The highest BCUT2D eigenvalue weighted by Crippen LogP contribution is 2.29. The second kappa shape index (κ2) is 8.42. The van der Waals surface area contributed by atoms with Gasteiger partial charge in [-0.25, -0.2) is 9.07 Å². The van der Waals surface area contributed by atoms with E-state index in [0.29, 0.717) is 17.1 Å². The molecule has 0 aliphatic rings. The summed E-state index contributed by atoms with van der Waals surface area (Å²) in [6, 6.07) is 17.4. The van der Waals surface area contributed by atoms with Gasteiger partial charge in [-0.05, 0) is 49.7 Å². The molecule has 0 atom stereocenters. The van der Waals surface area contributed by atoms with E-state index in [1.807, 2.05) is 41.9 Å². The summed E-state index contributed by atoms with van der Waals surface area (Å²) in [4.78, 5) is 27.6. The summed E-state index contributed by atoms with van der Waals surface area (Å²) in [5, 5.41) is 8.27. The molecule has 7 nitrogen and oxygen atoms in total. The summed E-state index contributed by atoms with van der Waals surface area (Å²) in [6.45, 7) is 4.15. The minimum absolute atomic E-state index is 0.249. The number of fused-ring (bicyclic) bond motifs is 1. The van der Waals surface area contributed by atoms with Crippen molar-refractivity contribution >= 4 is 33.1 Å². The van der Waals surface area contributed by atoms with E-state index < -0.39 is 0 Å². The maximum absolute atomic E-state index is 13.2. The van der Waals surface area contributed by atoms with E-state index in [4.69, 9.17) is 0 Å². The van der Waals surface area contributed by atoms with Gasteiger partial charge < -0.3 is 5.32 Å². The van der Waals surface area contributed by atoms with E-state index >= 15 is 0 Å². The van der Waals surface area contributed by atoms with Crippen molar-refractivity contribution in [1.82, 2.24) is 19.1 Å². The number of aryl methyl sites for hydroxylation is 1. The molecule has 1 N–H and O–H groups in total. The molecule has 0 unspecified atom stereocenters. The van der Waals surface area contributed by atoms with E-state index in [1.54, 1.807) is 36.9 Å². The fourth-order valence-corrected chi connectivity index (χ4v) is 5.04. The van der Waals surface area contributed by atoms with Crippen LogP contribution in [0.4, 0.5) is 10.1 Å². The van der Waals surface area contributed by atoms with Crippen molar-refractivity contribution in [3.8, 4) is 5.69 Å². The van der Waals surface area contributed by atoms with Gasteiger partial charge in [0.2, 0.25) is 0 Å². The Labute approximate surface area is 198 Å². The fraction of sp³-hybridized carbons (Fsp3) is 0.160. The summed E-state index contributed by atoms with van der Waals surface area (Å²) < 4.78 is 18.3. The number of benzene rings is 2. The molecule has 9 heteroatoms. The van der Waals surface area contributed by atoms with Crippen LogP contribution in [0.15, 0.2) is 65.5 Å². The standard InChI is InChI=1S/C25H22FN5O2S/c1-15-20-13-21(34-25(20)30(28-15)14-17-9-11-18(26)12-10-17)23(32)27-22-16(2)29(3)31(24(22)33)19-7-5-4-6-8-19/h4-13H,14H2,1-3H3,(H,27,32). The first-order chi connectivity index (χ1) is 16.3. The van der Waals surface area contributed by atoms with E-state index in [1.165, 1.54) is 28.2 Å². The number of rotatable bonds is 5. The van der Waals surface area contributed by atoms with E-state index in [2.05, 4.69) is 10.4 Å². The predicted molar refractivity (Wildman–Crippen MR) is 132 cm³/mol. The molecule has 0 spiro atoms. The molecule has 5 rings (SSSR count). The molecule has 172 valence electrons. The second-order valence-corrected chi connectivity index (χ2v) is 9.12. The Balaban J connectivity index is 1.46. The first-order valence-corrected chi connectivity index (χ1v) is 11.5. The highest BCUT2D eigenvalue weighted by atomic mass is 32.1. The van der Waals surface area contributed by atoms with E-state index in [-0.39, 0.29) is 23.0 Å². The highest BCUT2D eigenvalue weighted by Gasteiger charge is 2.21. The van der Waals surface area contributed by atoms with Crippen LogP contribution in [0.1, 0.15) is 26.6 Å².